The molecule has 0 aliphatic heterocycles. The Labute approximate surface area is 163 Å². The van der Waals surface area contributed by atoms with Crippen LogP contribution in [0.3, 0.4) is 0 Å². The van der Waals surface area contributed by atoms with Crippen molar-refractivity contribution in [2.24, 2.45) is 0 Å². The molecule has 144 valence electrons. The Bertz CT molecular complexity index is 1010. The SMILES string of the molecule is O=C(COC(=O)c1cc(Cl)nc2ccccc12)Nc1ccc(OC(F)F)cc1. The number of benzene rings is 2. The molecule has 0 radical (unpaired) electrons. The number of halogens is 3. The van der Waals surface area contributed by atoms with Gasteiger partial charge in [-0.2, -0.15) is 8.78 Å². The van der Waals surface area contributed by atoms with Crippen molar-refractivity contribution >= 4 is 40.1 Å². The van der Waals surface area contributed by atoms with Crippen LogP contribution in [0.25, 0.3) is 10.9 Å². The summed E-state index contributed by atoms with van der Waals surface area (Å²) in [6.07, 6.45) is 0. The van der Waals surface area contributed by atoms with Crippen molar-refractivity contribution in [1.29, 1.82) is 0 Å². The molecule has 0 atom stereocenters. The number of hydrogen-bond acceptors (Lipinski definition) is 5. The van der Waals surface area contributed by atoms with Gasteiger partial charge in [-0.1, -0.05) is 29.8 Å². The highest BCUT2D eigenvalue weighted by Gasteiger charge is 2.15. The molecule has 0 saturated carbocycles. The summed E-state index contributed by atoms with van der Waals surface area (Å²) in [5, 5.41) is 3.15. The van der Waals surface area contributed by atoms with E-state index in [0.717, 1.165) is 0 Å². The second kappa shape index (κ2) is 8.62. The zero-order chi connectivity index (χ0) is 20.1. The van der Waals surface area contributed by atoms with Gasteiger partial charge in [-0.25, -0.2) is 9.78 Å². The minimum atomic E-state index is -2.93. The summed E-state index contributed by atoms with van der Waals surface area (Å²) in [4.78, 5) is 28.4. The number of hydrogen-bond donors (Lipinski definition) is 1. The van der Waals surface area contributed by atoms with Gasteiger partial charge in [-0.3, -0.25) is 4.79 Å². The van der Waals surface area contributed by atoms with E-state index >= 15 is 0 Å². The van der Waals surface area contributed by atoms with Crippen LogP contribution in [0.1, 0.15) is 10.4 Å². The molecule has 0 unspecified atom stereocenters. The van der Waals surface area contributed by atoms with Crippen LogP contribution in [0.5, 0.6) is 5.75 Å². The summed E-state index contributed by atoms with van der Waals surface area (Å²) >= 11 is 5.93. The third-order valence-electron chi connectivity index (χ3n) is 3.60. The highest BCUT2D eigenvalue weighted by Crippen LogP contribution is 2.22. The Hall–Kier alpha value is -3.26. The Kier molecular flexibility index (Phi) is 6.00. The van der Waals surface area contributed by atoms with E-state index in [9.17, 15) is 18.4 Å². The number of nitrogens with zero attached hydrogens (tertiary/aromatic N) is 1. The Morgan fingerprint density at radius 1 is 1.11 bits per heavy atom. The highest BCUT2D eigenvalue weighted by atomic mass is 35.5. The van der Waals surface area contributed by atoms with E-state index in [1.165, 1.54) is 30.3 Å². The fourth-order valence-corrected chi connectivity index (χ4v) is 2.64. The van der Waals surface area contributed by atoms with Crippen LogP contribution in [0.4, 0.5) is 14.5 Å². The lowest BCUT2D eigenvalue weighted by Gasteiger charge is -2.09. The lowest BCUT2D eigenvalue weighted by Crippen LogP contribution is -2.21. The van der Waals surface area contributed by atoms with Crippen LogP contribution >= 0.6 is 11.6 Å². The van der Waals surface area contributed by atoms with Gasteiger partial charge in [0.15, 0.2) is 6.61 Å². The van der Waals surface area contributed by atoms with Crippen LogP contribution in [0, 0.1) is 0 Å². The highest BCUT2D eigenvalue weighted by molar-refractivity contribution is 6.30. The summed E-state index contributed by atoms with van der Waals surface area (Å²) in [5.41, 5.74) is 1.05. The van der Waals surface area contributed by atoms with Crippen LogP contribution in [-0.4, -0.2) is 30.1 Å². The predicted octanol–water partition coefficient (Wildman–Crippen LogP) is 4.29. The zero-order valence-electron chi connectivity index (χ0n) is 14.2. The van der Waals surface area contributed by atoms with Gasteiger partial charge in [-0.05, 0) is 36.4 Å². The van der Waals surface area contributed by atoms with E-state index < -0.39 is 25.1 Å². The Morgan fingerprint density at radius 2 is 1.82 bits per heavy atom. The van der Waals surface area contributed by atoms with E-state index in [2.05, 4.69) is 15.0 Å². The molecular weight excluding hydrogens is 394 g/mol. The van der Waals surface area contributed by atoms with Gasteiger partial charge in [-0.15, -0.1) is 0 Å². The van der Waals surface area contributed by atoms with Gasteiger partial charge >= 0.3 is 12.6 Å². The molecule has 28 heavy (non-hydrogen) atoms. The van der Waals surface area contributed by atoms with Crippen molar-refractivity contribution in [3.05, 3.63) is 65.3 Å². The number of rotatable bonds is 6. The molecule has 0 fully saturated rings. The summed E-state index contributed by atoms with van der Waals surface area (Å²) in [6, 6.07) is 13.6. The van der Waals surface area contributed by atoms with Gasteiger partial charge < -0.3 is 14.8 Å². The number of para-hydroxylation sites is 1. The molecule has 0 aliphatic rings. The van der Waals surface area contributed by atoms with Gasteiger partial charge in [0.1, 0.15) is 10.9 Å². The van der Waals surface area contributed by atoms with Crippen LogP contribution in [0.15, 0.2) is 54.6 Å². The fraction of sp³-hybridized carbons (Fsp3) is 0.105. The number of pyridine rings is 1. The molecule has 1 aromatic heterocycles. The molecular formula is C19H13ClF2N2O4. The number of nitrogens with one attached hydrogen (secondary N) is 1. The number of alkyl halides is 2. The quantitative estimate of drug-likeness (QED) is 0.488. The van der Waals surface area contributed by atoms with Crippen molar-refractivity contribution < 1.29 is 27.8 Å². The third-order valence-corrected chi connectivity index (χ3v) is 3.80. The average molecular weight is 407 g/mol. The number of carbonyl (C=O) groups excluding carboxylic acids is 2. The molecule has 3 rings (SSSR count). The summed E-state index contributed by atoms with van der Waals surface area (Å²) < 4.78 is 33.5. The van der Waals surface area contributed by atoms with Crippen LogP contribution < -0.4 is 10.1 Å². The molecule has 0 bridgehead atoms. The second-order valence-corrected chi connectivity index (χ2v) is 5.92. The van der Waals surface area contributed by atoms with E-state index in [1.807, 2.05) is 0 Å². The largest absolute Gasteiger partial charge is 0.452 e. The molecule has 6 nitrogen and oxygen atoms in total. The normalized spacial score (nSPS) is 10.7. The second-order valence-electron chi connectivity index (χ2n) is 5.54. The van der Waals surface area contributed by atoms with Crippen LogP contribution in [0.2, 0.25) is 5.15 Å². The monoisotopic (exact) mass is 406 g/mol. The van der Waals surface area contributed by atoms with Gasteiger partial charge in [0.25, 0.3) is 5.91 Å². The van der Waals surface area contributed by atoms with Crippen molar-refractivity contribution in [3.63, 3.8) is 0 Å². The van der Waals surface area contributed by atoms with Crippen molar-refractivity contribution in [3.8, 4) is 5.75 Å². The smallest absolute Gasteiger partial charge is 0.387 e. The summed E-state index contributed by atoms with van der Waals surface area (Å²) in [6.45, 7) is -3.47. The molecule has 3 aromatic rings. The number of amides is 1. The van der Waals surface area contributed by atoms with Gasteiger partial charge in [0, 0.05) is 11.1 Å². The number of carbonyl (C=O) groups is 2. The topological polar surface area (TPSA) is 77.5 Å². The fourth-order valence-electron chi connectivity index (χ4n) is 2.44. The zero-order valence-corrected chi connectivity index (χ0v) is 15.0. The van der Waals surface area contributed by atoms with Crippen molar-refractivity contribution in [1.82, 2.24) is 4.98 Å². The van der Waals surface area contributed by atoms with E-state index in [4.69, 9.17) is 16.3 Å². The maximum Gasteiger partial charge on any atom is 0.387 e. The number of aromatic nitrogens is 1. The van der Waals surface area contributed by atoms with E-state index in [0.29, 0.717) is 16.6 Å². The van der Waals surface area contributed by atoms with Crippen molar-refractivity contribution in [2.45, 2.75) is 6.61 Å². The summed E-state index contributed by atoms with van der Waals surface area (Å²) in [5.74, 6) is -1.36. The summed E-state index contributed by atoms with van der Waals surface area (Å²) in [7, 11) is 0. The standard InChI is InChI=1S/C19H13ClF2N2O4/c20-16-9-14(13-3-1-2-4-15(13)24-16)18(26)27-10-17(25)23-11-5-7-12(8-6-11)28-19(21)22/h1-9,19H,10H2,(H,23,25). The molecule has 9 heteroatoms. The first kappa shape index (κ1) is 19.5. The van der Waals surface area contributed by atoms with Crippen LogP contribution in [-0.2, 0) is 9.53 Å². The minimum Gasteiger partial charge on any atom is -0.452 e. The lowest BCUT2D eigenvalue weighted by molar-refractivity contribution is -0.119. The van der Waals surface area contributed by atoms with Gasteiger partial charge in [0.05, 0.1) is 11.1 Å². The lowest BCUT2D eigenvalue weighted by atomic mass is 10.1. The number of esters is 1. The van der Waals surface area contributed by atoms with E-state index in [1.54, 1.807) is 24.3 Å². The van der Waals surface area contributed by atoms with Crippen molar-refractivity contribution in [2.75, 3.05) is 11.9 Å². The predicted molar refractivity (Wildman–Crippen MR) is 98.7 cm³/mol. The average Bonchev–Trinajstić information content (AvgIpc) is 2.66. The molecule has 0 saturated heterocycles. The van der Waals surface area contributed by atoms with Gasteiger partial charge in [0.2, 0.25) is 0 Å². The molecule has 1 amide bonds. The maximum absolute atomic E-state index is 12.3. The molecule has 1 heterocycles. The number of ether oxygens (including phenoxy) is 2. The third kappa shape index (κ3) is 4.92. The maximum atomic E-state index is 12.3. The number of fused-ring (bicyclic) bond motifs is 1. The minimum absolute atomic E-state index is 0.0409. The number of anilines is 1. The Morgan fingerprint density at radius 3 is 2.54 bits per heavy atom. The first-order chi connectivity index (χ1) is 13.4. The molecule has 0 spiro atoms. The first-order valence-corrected chi connectivity index (χ1v) is 8.37. The molecule has 0 aliphatic carbocycles. The Balaban J connectivity index is 1.61. The van der Waals surface area contributed by atoms with E-state index in [-0.39, 0.29) is 16.5 Å². The molecule has 2 aromatic carbocycles. The first-order valence-electron chi connectivity index (χ1n) is 7.99. The molecule has 1 N–H and O–H groups in total.